The molecule has 0 saturated heterocycles. The molecule has 0 atom stereocenters. The summed E-state index contributed by atoms with van der Waals surface area (Å²) in [5.41, 5.74) is 3.79. The highest BCUT2D eigenvalue weighted by atomic mass is 16.5. The van der Waals surface area contributed by atoms with Gasteiger partial charge >= 0.3 is 11.8 Å². The Balaban J connectivity index is 2.04. The molecule has 0 fully saturated rings. The van der Waals surface area contributed by atoms with E-state index in [0.717, 1.165) is 28.1 Å². The number of hydrogen-bond donors (Lipinski definition) is 2. The standard InChI is InChI=1S/C23H30N2O3/c1-15(2)18-10-8-11-19(16(3)4)21(18)25-23(27)22(26)24-14-13-17-9-6-7-12-20(17)28-5/h6-12,15-16H,13-14H2,1-5H3,(H,24,26)(H,25,27). The lowest BCUT2D eigenvalue weighted by Gasteiger charge is -2.20. The Kier molecular flexibility index (Phi) is 7.61. The molecule has 0 aliphatic rings. The van der Waals surface area contributed by atoms with E-state index < -0.39 is 11.8 Å². The number of carbonyl (C=O) groups is 2. The van der Waals surface area contributed by atoms with Gasteiger partial charge in [0.05, 0.1) is 7.11 Å². The molecule has 0 spiro atoms. The molecule has 0 aliphatic heterocycles. The molecule has 0 unspecified atom stereocenters. The maximum Gasteiger partial charge on any atom is 0.313 e. The first-order valence-electron chi connectivity index (χ1n) is 9.69. The van der Waals surface area contributed by atoms with Gasteiger partial charge in [0.2, 0.25) is 0 Å². The normalized spacial score (nSPS) is 10.8. The van der Waals surface area contributed by atoms with Crippen LogP contribution >= 0.6 is 0 Å². The molecule has 0 aliphatic carbocycles. The van der Waals surface area contributed by atoms with Crippen LogP contribution in [0.2, 0.25) is 0 Å². The summed E-state index contributed by atoms with van der Waals surface area (Å²) < 4.78 is 5.31. The first kappa shape index (κ1) is 21.5. The van der Waals surface area contributed by atoms with Crippen LogP contribution in [0.25, 0.3) is 0 Å². The molecule has 5 heteroatoms. The van der Waals surface area contributed by atoms with E-state index in [2.05, 4.69) is 38.3 Å². The monoisotopic (exact) mass is 382 g/mol. The van der Waals surface area contributed by atoms with E-state index in [1.807, 2.05) is 42.5 Å². The van der Waals surface area contributed by atoms with Crippen molar-refractivity contribution in [1.82, 2.24) is 5.32 Å². The van der Waals surface area contributed by atoms with Crippen molar-refractivity contribution < 1.29 is 14.3 Å². The number of rotatable bonds is 7. The van der Waals surface area contributed by atoms with Gasteiger partial charge in [-0.3, -0.25) is 9.59 Å². The predicted molar refractivity (Wildman–Crippen MR) is 113 cm³/mol. The van der Waals surface area contributed by atoms with Crippen molar-refractivity contribution >= 4 is 17.5 Å². The summed E-state index contributed by atoms with van der Waals surface area (Å²) in [5, 5.41) is 5.53. The zero-order valence-corrected chi connectivity index (χ0v) is 17.3. The number of anilines is 1. The van der Waals surface area contributed by atoms with Crippen molar-refractivity contribution in [2.75, 3.05) is 19.0 Å². The van der Waals surface area contributed by atoms with E-state index >= 15 is 0 Å². The van der Waals surface area contributed by atoms with Crippen molar-refractivity contribution in [3.63, 3.8) is 0 Å². The number of nitrogens with one attached hydrogen (secondary N) is 2. The average molecular weight is 383 g/mol. The molecule has 0 radical (unpaired) electrons. The summed E-state index contributed by atoms with van der Waals surface area (Å²) in [6, 6.07) is 13.6. The number of ether oxygens (including phenoxy) is 1. The zero-order chi connectivity index (χ0) is 20.7. The van der Waals surface area contributed by atoms with Gasteiger partial charge in [-0.2, -0.15) is 0 Å². The third-order valence-corrected chi connectivity index (χ3v) is 4.69. The second-order valence-corrected chi connectivity index (χ2v) is 7.39. The van der Waals surface area contributed by atoms with Gasteiger partial charge in [-0.15, -0.1) is 0 Å². The highest BCUT2D eigenvalue weighted by Crippen LogP contribution is 2.32. The van der Waals surface area contributed by atoms with Crippen LogP contribution in [-0.4, -0.2) is 25.5 Å². The number of hydrogen-bond acceptors (Lipinski definition) is 3. The third-order valence-electron chi connectivity index (χ3n) is 4.69. The molecule has 2 amide bonds. The van der Waals surface area contributed by atoms with Crippen LogP contribution in [0.4, 0.5) is 5.69 Å². The van der Waals surface area contributed by atoms with E-state index in [1.165, 1.54) is 0 Å². The molecule has 0 aromatic heterocycles. The number of para-hydroxylation sites is 2. The zero-order valence-electron chi connectivity index (χ0n) is 17.3. The fourth-order valence-electron chi connectivity index (χ4n) is 3.17. The molecule has 0 saturated carbocycles. The van der Waals surface area contributed by atoms with Crippen molar-refractivity contribution in [3.05, 3.63) is 59.2 Å². The Hall–Kier alpha value is -2.82. The minimum atomic E-state index is -0.643. The van der Waals surface area contributed by atoms with Crippen LogP contribution in [0.1, 0.15) is 56.2 Å². The summed E-state index contributed by atoms with van der Waals surface area (Å²) in [6.07, 6.45) is 0.586. The van der Waals surface area contributed by atoms with E-state index in [9.17, 15) is 9.59 Å². The van der Waals surface area contributed by atoms with Crippen LogP contribution in [0, 0.1) is 0 Å². The van der Waals surface area contributed by atoms with E-state index in [4.69, 9.17) is 4.74 Å². The molecule has 2 N–H and O–H groups in total. The van der Waals surface area contributed by atoms with Gasteiger partial charge in [-0.05, 0) is 41.0 Å². The van der Waals surface area contributed by atoms with Gasteiger partial charge in [-0.1, -0.05) is 64.1 Å². The topological polar surface area (TPSA) is 67.4 Å². The van der Waals surface area contributed by atoms with Gasteiger partial charge in [0, 0.05) is 12.2 Å². The van der Waals surface area contributed by atoms with Gasteiger partial charge < -0.3 is 15.4 Å². The quantitative estimate of drug-likeness (QED) is 0.704. The lowest BCUT2D eigenvalue weighted by atomic mass is 9.92. The summed E-state index contributed by atoms with van der Waals surface area (Å²) in [6.45, 7) is 8.64. The van der Waals surface area contributed by atoms with Crippen molar-refractivity contribution in [1.29, 1.82) is 0 Å². The van der Waals surface area contributed by atoms with Crippen LogP contribution < -0.4 is 15.4 Å². The second kappa shape index (κ2) is 9.93. The van der Waals surface area contributed by atoms with Crippen molar-refractivity contribution in [2.24, 2.45) is 0 Å². The Labute approximate surface area is 167 Å². The minimum absolute atomic E-state index is 0.239. The summed E-state index contributed by atoms with van der Waals surface area (Å²) in [5.74, 6) is -0.0305. The summed E-state index contributed by atoms with van der Waals surface area (Å²) >= 11 is 0. The summed E-state index contributed by atoms with van der Waals surface area (Å²) in [7, 11) is 1.61. The number of methoxy groups -OCH3 is 1. The molecule has 2 aromatic rings. The SMILES string of the molecule is COc1ccccc1CCNC(=O)C(=O)Nc1c(C(C)C)cccc1C(C)C. The Bertz CT molecular complexity index is 802. The van der Waals surface area contributed by atoms with Crippen LogP contribution in [0.3, 0.4) is 0 Å². The van der Waals surface area contributed by atoms with Crippen LogP contribution in [-0.2, 0) is 16.0 Å². The van der Waals surface area contributed by atoms with Gasteiger partial charge in [0.15, 0.2) is 0 Å². The molecule has 2 aromatic carbocycles. The maximum absolute atomic E-state index is 12.5. The Morgan fingerprint density at radius 3 is 2.07 bits per heavy atom. The molecule has 0 heterocycles. The molecular weight excluding hydrogens is 352 g/mol. The first-order valence-corrected chi connectivity index (χ1v) is 9.69. The third kappa shape index (κ3) is 5.35. The second-order valence-electron chi connectivity index (χ2n) is 7.39. The highest BCUT2D eigenvalue weighted by molar-refractivity contribution is 6.39. The largest absolute Gasteiger partial charge is 0.496 e. The number of amides is 2. The molecule has 0 bridgehead atoms. The van der Waals surface area contributed by atoms with Gasteiger partial charge in [0.1, 0.15) is 5.75 Å². The highest BCUT2D eigenvalue weighted by Gasteiger charge is 2.19. The van der Waals surface area contributed by atoms with E-state index in [0.29, 0.717) is 13.0 Å². The Morgan fingerprint density at radius 2 is 1.50 bits per heavy atom. The molecule has 5 nitrogen and oxygen atoms in total. The van der Waals surface area contributed by atoms with Gasteiger partial charge in [-0.25, -0.2) is 0 Å². The minimum Gasteiger partial charge on any atom is -0.496 e. The Morgan fingerprint density at radius 1 is 0.893 bits per heavy atom. The van der Waals surface area contributed by atoms with E-state index in [-0.39, 0.29) is 11.8 Å². The molecule has 28 heavy (non-hydrogen) atoms. The van der Waals surface area contributed by atoms with Crippen LogP contribution in [0.15, 0.2) is 42.5 Å². The summed E-state index contributed by atoms with van der Waals surface area (Å²) in [4.78, 5) is 24.8. The molecular formula is C23H30N2O3. The predicted octanol–water partition coefficient (Wildman–Crippen LogP) is 4.24. The smallest absolute Gasteiger partial charge is 0.313 e. The van der Waals surface area contributed by atoms with Crippen LogP contribution in [0.5, 0.6) is 5.75 Å². The lowest BCUT2D eigenvalue weighted by molar-refractivity contribution is -0.136. The molecule has 150 valence electrons. The lowest BCUT2D eigenvalue weighted by Crippen LogP contribution is -2.37. The van der Waals surface area contributed by atoms with Crippen molar-refractivity contribution in [3.8, 4) is 5.75 Å². The number of benzene rings is 2. The van der Waals surface area contributed by atoms with Crippen molar-refractivity contribution in [2.45, 2.75) is 46.0 Å². The van der Waals surface area contributed by atoms with Gasteiger partial charge in [0.25, 0.3) is 0 Å². The molecule has 2 rings (SSSR count). The average Bonchev–Trinajstić information content (AvgIpc) is 2.67. The fraction of sp³-hybridized carbons (Fsp3) is 0.391. The fourth-order valence-corrected chi connectivity index (χ4v) is 3.17. The maximum atomic E-state index is 12.5. The van der Waals surface area contributed by atoms with E-state index in [1.54, 1.807) is 7.11 Å². The number of carbonyl (C=O) groups excluding carboxylic acids is 2. The first-order chi connectivity index (χ1) is 13.3.